The second kappa shape index (κ2) is 6.87. The summed E-state index contributed by atoms with van der Waals surface area (Å²) in [5.74, 6) is -0.938. The number of hydrogen-bond acceptors (Lipinski definition) is 3. The maximum Gasteiger partial charge on any atom is 0.573 e. The number of nitrogens with zero attached hydrogens (tertiary/aromatic N) is 2. The van der Waals surface area contributed by atoms with Crippen molar-refractivity contribution in [3.63, 3.8) is 0 Å². The summed E-state index contributed by atoms with van der Waals surface area (Å²) in [4.78, 5) is 16.3. The first kappa shape index (κ1) is 17.1. The molecule has 0 spiro atoms. The van der Waals surface area contributed by atoms with E-state index in [1.807, 2.05) is 6.92 Å². The van der Waals surface area contributed by atoms with Crippen LogP contribution in [0.15, 0.2) is 22.7 Å². The molecule has 8 heteroatoms. The van der Waals surface area contributed by atoms with Crippen molar-refractivity contribution in [2.45, 2.75) is 13.3 Å². The number of alkyl halides is 3. The minimum Gasteiger partial charge on any atom is -0.405 e. The van der Waals surface area contributed by atoms with Crippen molar-refractivity contribution in [3.05, 3.63) is 28.2 Å². The van der Waals surface area contributed by atoms with Crippen molar-refractivity contribution in [2.24, 2.45) is 0 Å². The molecule has 0 N–H and O–H groups in total. The van der Waals surface area contributed by atoms with E-state index in [0.717, 1.165) is 12.6 Å². The van der Waals surface area contributed by atoms with E-state index in [9.17, 15) is 18.0 Å². The summed E-state index contributed by atoms with van der Waals surface area (Å²) in [5, 5.41) is 0. The van der Waals surface area contributed by atoms with E-state index in [0.29, 0.717) is 26.2 Å². The predicted molar refractivity (Wildman–Crippen MR) is 78.8 cm³/mol. The Kier molecular flexibility index (Phi) is 5.33. The van der Waals surface area contributed by atoms with E-state index in [2.05, 4.69) is 25.6 Å². The Morgan fingerprint density at radius 1 is 1.27 bits per heavy atom. The van der Waals surface area contributed by atoms with Crippen LogP contribution in [-0.4, -0.2) is 54.8 Å². The number of carbonyl (C=O) groups excluding carboxylic acids is 1. The average Bonchev–Trinajstić information content (AvgIpc) is 2.45. The Labute approximate surface area is 135 Å². The fourth-order valence-electron chi connectivity index (χ4n) is 2.35. The molecule has 0 radical (unpaired) electrons. The Hall–Kier alpha value is -1.28. The topological polar surface area (TPSA) is 32.8 Å². The first-order valence-corrected chi connectivity index (χ1v) is 7.67. The first-order valence-electron chi connectivity index (χ1n) is 6.87. The standard InChI is InChI=1S/C14H16BrF3N2O2/c1-2-19-6-8-20(9-7-19)13(21)12-10(15)4-3-5-11(12)22-14(16,17)18/h3-5H,2,6-9H2,1H3. The van der Waals surface area contributed by atoms with Gasteiger partial charge in [-0.1, -0.05) is 13.0 Å². The largest absolute Gasteiger partial charge is 0.573 e. The van der Waals surface area contributed by atoms with E-state index in [4.69, 9.17) is 0 Å². The molecular weight excluding hydrogens is 365 g/mol. The van der Waals surface area contributed by atoms with Crippen LogP contribution in [0.25, 0.3) is 0 Å². The number of likely N-dealkylation sites (N-methyl/N-ethyl adjacent to an activating group) is 1. The van der Waals surface area contributed by atoms with Gasteiger partial charge < -0.3 is 14.5 Å². The van der Waals surface area contributed by atoms with Crippen molar-refractivity contribution >= 4 is 21.8 Å². The van der Waals surface area contributed by atoms with Gasteiger partial charge in [-0.15, -0.1) is 13.2 Å². The molecule has 0 unspecified atom stereocenters. The molecule has 1 saturated heterocycles. The zero-order valence-corrected chi connectivity index (χ0v) is 13.6. The van der Waals surface area contributed by atoms with Crippen molar-refractivity contribution in [1.29, 1.82) is 0 Å². The normalized spacial score (nSPS) is 16.7. The van der Waals surface area contributed by atoms with Gasteiger partial charge in [0.25, 0.3) is 5.91 Å². The Morgan fingerprint density at radius 3 is 2.45 bits per heavy atom. The summed E-state index contributed by atoms with van der Waals surface area (Å²) in [5.41, 5.74) is -0.0928. The van der Waals surface area contributed by atoms with Crippen LogP contribution >= 0.6 is 15.9 Å². The monoisotopic (exact) mass is 380 g/mol. The highest BCUT2D eigenvalue weighted by Gasteiger charge is 2.34. The lowest BCUT2D eigenvalue weighted by molar-refractivity contribution is -0.274. The van der Waals surface area contributed by atoms with Gasteiger partial charge in [-0.25, -0.2) is 0 Å². The molecule has 2 rings (SSSR count). The molecule has 4 nitrogen and oxygen atoms in total. The van der Waals surface area contributed by atoms with Gasteiger partial charge >= 0.3 is 6.36 Å². The molecule has 1 aliphatic heterocycles. The number of benzene rings is 1. The van der Waals surface area contributed by atoms with Crippen LogP contribution in [0.3, 0.4) is 0 Å². The van der Waals surface area contributed by atoms with Gasteiger partial charge in [0.2, 0.25) is 0 Å². The molecule has 1 heterocycles. The lowest BCUT2D eigenvalue weighted by atomic mass is 10.1. The molecule has 0 aliphatic carbocycles. The summed E-state index contributed by atoms with van der Waals surface area (Å²) < 4.78 is 41.7. The quantitative estimate of drug-likeness (QED) is 0.807. The lowest BCUT2D eigenvalue weighted by Crippen LogP contribution is -2.48. The summed E-state index contributed by atoms with van der Waals surface area (Å²) in [6.45, 7) is 5.31. The minimum absolute atomic E-state index is 0.0928. The van der Waals surface area contributed by atoms with Gasteiger partial charge in [0.1, 0.15) is 5.75 Å². The Bertz CT molecular complexity index is 543. The van der Waals surface area contributed by atoms with Crippen LogP contribution in [0.2, 0.25) is 0 Å². The maximum absolute atomic E-state index is 12.6. The third-order valence-corrected chi connectivity index (χ3v) is 4.18. The number of halogens is 4. The van der Waals surface area contributed by atoms with Gasteiger partial charge in [0.05, 0.1) is 5.56 Å². The molecule has 22 heavy (non-hydrogen) atoms. The summed E-state index contributed by atoms with van der Waals surface area (Å²) in [6.07, 6.45) is -4.84. The van der Waals surface area contributed by atoms with Crippen LogP contribution in [-0.2, 0) is 0 Å². The molecule has 1 aromatic carbocycles. The Morgan fingerprint density at radius 2 is 1.91 bits per heavy atom. The van der Waals surface area contributed by atoms with Crippen LogP contribution in [0.4, 0.5) is 13.2 Å². The highest BCUT2D eigenvalue weighted by Crippen LogP contribution is 2.32. The molecule has 0 saturated carbocycles. The van der Waals surface area contributed by atoms with Crippen molar-refractivity contribution in [1.82, 2.24) is 9.80 Å². The molecule has 0 aromatic heterocycles. The van der Waals surface area contributed by atoms with Crippen molar-refractivity contribution < 1.29 is 22.7 Å². The second-order valence-electron chi connectivity index (χ2n) is 4.89. The zero-order chi connectivity index (χ0) is 16.3. The molecule has 0 bridgehead atoms. The molecule has 1 fully saturated rings. The number of amides is 1. The third kappa shape index (κ3) is 4.13. The van der Waals surface area contributed by atoms with E-state index in [1.54, 1.807) is 4.90 Å². The van der Waals surface area contributed by atoms with Gasteiger partial charge in [0.15, 0.2) is 0 Å². The number of rotatable bonds is 3. The van der Waals surface area contributed by atoms with Gasteiger partial charge in [-0.2, -0.15) is 0 Å². The minimum atomic E-state index is -4.84. The molecular formula is C14H16BrF3N2O2. The highest BCUT2D eigenvalue weighted by molar-refractivity contribution is 9.10. The summed E-state index contributed by atoms with van der Waals surface area (Å²) in [6, 6.07) is 4.07. The van der Waals surface area contributed by atoms with Crippen LogP contribution in [0.5, 0.6) is 5.75 Å². The van der Waals surface area contributed by atoms with E-state index >= 15 is 0 Å². The predicted octanol–water partition coefficient (Wildman–Crippen LogP) is 3.13. The van der Waals surface area contributed by atoms with Crippen LogP contribution < -0.4 is 4.74 Å². The smallest absolute Gasteiger partial charge is 0.405 e. The lowest BCUT2D eigenvalue weighted by Gasteiger charge is -2.34. The maximum atomic E-state index is 12.6. The van der Waals surface area contributed by atoms with E-state index in [1.165, 1.54) is 12.1 Å². The fraction of sp³-hybridized carbons (Fsp3) is 0.500. The molecule has 1 aliphatic rings. The van der Waals surface area contributed by atoms with E-state index in [-0.39, 0.29) is 10.0 Å². The SMILES string of the molecule is CCN1CCN(C(=O)c2c(Br)cccc2OC(F)(F)F)CC1. The van der Waals surface area contributed by atoms with Crippen molar-refractivity contribution in [3.8, 4) is 5.75 Å². The number of piperazine rings is 1. The summed E-state index contributed by atoms with van der Waals surface area (Å²) >= 11 is 3.14. The number of carbonyl (C=O) groups is 1. The van der Waals surface area contributed by atoms with E-state index < -0.39 is 18.0 Å². The van der Waals surface area contributed by atoms with Crippen LogP contribution in [0.1, 0.15) is 17.3 Å². The Balaban J connectivity index is 2.22. The fourth-order valence-corrected chi connectivity index (χ4v) is 2.86. The molecule has 1 amide bonds. The average molecular weight is 381 g/mol. The third-order valence-electron chi connectivity index (χ3n) is 3.52. The van der Waals surface area contributed by atoms with Gasteiger partial charge in [-0.3, -0.25) is 4.79 Å². The zero-order valence-electron chi connectivity index (χ0n) is 12.0. The van der Waals surface area contributed by atoms with Crippen molar-refractivity contribution in [2.75, 3.05) is 32.7 Å². The molecule has 1 aromatic rings. The number of hydrogen-bond donors (Lipinski definition) is 0. The second-order valence-corrected chi connectivity index (χ2v) is 5.74. The number of ether oxygens (including phenoxy) is 1. The first-order chi connectivity index (χ1) is 10.3. The molecule has 122 valence electrons. The molecule has 0 atom stereocenters. The highest BCUT2D eigenvalue weighted by atomic mass is 79.9. The van der Waals surface area contributed by atoms with Gasteiger partial charge in [-0.05, 0) is 34.6 Å². The van der Waals surface area contributed by atoms with Gasteiger partial charge in [0, 0.05) is 30.7 Å². The van der Waals surface area contributed by atoms with Crippen LogP contribution in [0, 0.1) is 0 Å². The summed E-state index contributed by atoms with van der Waals surface area (Å²) in [7, 11) is 0.